The van der Waals surface area contributed by atoms with Gasteiger partial charge in [0.2, 0.25) is 0 Å². The molecule has 7 nitrogen and oxygen atoms in total. The van der Waals surface area contributed by atoms with E-state index in [2.05, 4.69) is 10.4 Å². The number of hydrogen-bond donors (Lipinski definition) is 3. The van der Waals surface area contributed by atoms with Crippen molar-refractivity contribution in [2.45, 2.75) is 0 Å². The van der Waals surface area contributed by atoms with Crippen LogP contribution in [-0.4, -0.2) is 21.7 Å². The molecule has 5 N–H and O–H groups in total. The average molecular weight is 390 g/mol. The fourth-order valence-corrected chi connectivity index (χ4v) is 2.93. The van der Waals surface area contributed by atoms with Crippen molar-refractivity contribution >= 4 is 41.0 Å². The van der Waals surface area contributed by atoms with Crippen LogP contribution in [-0.2, 0) is 0 Å². The third kappa shape index (κ3) is 3.63. The van der Waals surface area contributed by atoms with Crippen LogP contribution in [0.3, 0.4) is 0 Å². The second-order valence-electron chi connectivity index (χ2n) is 5.36. The maximum absolute atomic E-state index is 11.5. The molecule has 1 heterocycles. The van der Waals surface area contributed by atoms with Gasteiger partial charge in [-0.05, 0) is 29.8 Å². The van der Waals surface area contributed by atoms with Crippen LogP contribution in [0.5, 0.6) is 0 Å². The molecule has 0 aliphatic carbocycles. The van der Waals surface area contributed by atoms with Crippen molar-refractivity contribution in [1.82, 2.24) is 9.78 Å². The van der Waals surface area contributed by atoms with Crippen molar-refractivity contribution in [1.29, 1.82) is 0 Å². The summed E-state index contributed by atoms with van der Waals surface area (Å²) in [5.41, 5.74) is 12.8. The van der Waals surface area contributed by atoms with E-state index in [4.69, 9.17) is 34.7 Å². The fraction of sp³-hybridized carbons (Fsp3) is 0. The molecule has 3 amide bonds. The monoisotopic (exact) mass is 389 g/mol. The quantitative estimate of drug-likeness (QED) is 0.634. The Balaban J connectivity index is 1.96. The first-order valence-electron chi connectivity index (χ1n) is 7.37. The molecule has 0 fully saturated rings. The van der Waals surface area contributed by atoms with Crippen LogP contribution in [0.1, 0.15) is 10.4 Å². The molecule has 3 aromatic rings. The minimum atomic E-state index is -0.842. The summed E-state index contributed by atoms with van der Waals surface area (Å²) in [7, 11) is 0. The zero-order valence-corrected chi connectivity index (χ0v) is 14.8. The SMILES string of the molecule is NC(=O)Nc1nn(-c2ccc(-c3ccc(Cl)cc3Cl)cc2)cc1C(N)=O. The fourth-order valence-electron chi connectivity index (χ4n) is 2.41. The van der Waals surface area contributed by atoms with Gasteiger partial charge < -0.3 is 11.5 Å². The Morgan fingerprint density at radius 2 is 1.73 bits per heavy atom. The lowest BCUT2D eigenvalue weighted by molar-refractivity contribution is 0.100. The summed E-state index contributed by atoms with van der Waals surface area (Å²) in [5.74, 6) is -0.737. The molecule has 3 rings (SSSR count). The number of halogens is 2. The molecule has 2 aromatic carbocycles. The van der Waals surface area contributed by atoms with Gasteiger partial charge in [-0.1, -0.05) is 41.4 Å². The summed E-state index contributed by atoms with van der Waals surface area (Å²) < 4.78 is 1.42. The largest absolute Gasteiger partial charge is 0.365 e. The van der Waals surface area contributed by atoms with E-state index in [-0.39, 0.29) is 11.4 Å². The highest BCUT2D eigenvalue weighted by atomic mass is 35.5. The lowest BCUT2D eigenvalue weighted by Crippen LogP contribution is -2.22. The molecule has 26 heavy (non-hydrogen) atoms. The van der Waals surface area contributed by atoms with Gasteiger partial charge in [0.05, 0.1) is 5.69 Å². The number of carbonyl (C=O) groups is 2. The van der Waals surface area contributed by atoms with Crippen LogP contribution in [0.4, 0.5) is 10.6 Å². The lowest BCUT2D eigenvalue weighted by Gasteiger charge is -2.07. The number of amides is 3. The van der Waals surface area contributed by atoms with E-state index in [1.54, 1.807) is 24.3 Å². The smallest absolute Gasteiger partial charge is 0.317 e. The first-order chi connectivity index (χ1) is 12.3. The lowest BCUT2D eigenvalue weighted by atomic mass is 10.1. The van der Waals surface area contributed by atoms with Gasteiger partial charge in [-0.25, -0.2) is 9.48 Å². The van der Waals surface area contributed by atoms with E-state index in [0.717, 1.165) is 11.1 Å². The Morgan fingerprint density at radius 1 is 1.04 bits per heavy atom. The Hall–Kier alpha value is -3.03. The van der Waals surface area contributed by atoms with E-state index in [1.165, 1.54) is 10.9 Å². The van der Waals surface area contributed by atoms with Crippen molar-refractivity contribution in [2.24, 2.45) is 11.5 Å². The standard InChI is InChI=1S/C17H13Cl2N5O2/c18-10-3-6-12(14(19)7-10)9-1-4-11(5-2-9)24-8-13(15(20)25)16(23-24)22-17(21)26/h1-8H,(H2,20,25)(H3,21,22,23,26). The van der Waals surface area contributed by atoms with Gasteiger partial charge in [-0.3, -0.25) is 10.1 Å². The predicted molar refractivity (Wildman–Crippen MR) is 101 cm³/mol. The van der Waals surface area contributed by atoms with Crippen molar-refractivity contribution in [3.63, 3.8) is 0 Å². The molecular weight excluding hydrogens is 377 g/mol. The molecule has 0 saturated carbocycles. The van der Waals surface area contributed by atoms with Crippen LogP contribution < -0.4 is 16.8 Å². The van der Waals surface area contributed by atoms with E-state index in [1.807, 2.05) is 18.2 Å². The number of benzene rings is 2. The van der Waals surface area contributed by atoms with Crippen LogP contribution in [0.15, 0.2) is 48.7 Å². The molecule has 1 aromatic heterocycles. The number of carbonyl (C=O) groups excluding carboxylic acids is 2. The molecular formula is C17H13Cl2N5O2. The third-order valence-electron chi connectivity index (χ3n) is 3.60. The molecule has 0 saturated heterocycles. The van der Waals surface area contributed by atoms with Crippen molar-refractivity contribution < 1.29 is 9.59 Å². The Kier molecular flexibility index (Phi) is 4.83. The van der Waals surface area contributed by atoms with Gasteiger partial charge in [-0.2, -0.15) is 0 Å². The minimum absolute atomic E-state index is 0.00479. The number of anilines is 1. The minimum Gasteiger partial charge on any atom is -0.365 e. The van der Waals surface area contributed by atoms with Crippen LogP contribution in [0.2, 0.25) is 10.0 Å². The molecule has 0 unspecified atom stereocenters. The molecule has 0 aliphatic rings. The van der Waals surface area contributed by atoms with E-state index >= 15 is 0 Å². The van der Waals surface area contributed by atoms with Crippen molar-refractivity contribution in [3.8, 4) is 16.8 Å². The average Bonchev–Trinajstić information content (AvgIpc) is 2.98. The zero-order chi connectivity index (χ0) is 18.8. The summed E-state index contributed by atoms with van der Waals surface area (Å²) >= 11 is 12.1. The van der Waals surface area contributed by atoms with Gasteiger partial charge in [0.15, 0.2) is 5.82 Å². The molecule has 0 bridgehead atoms. The van der Waals surface area contributed by atoms with Crippen molar-refractivity contribution in [2.75, 3.05) is 5.32 Å². The van der Waals surface area contributed by atoms with Gasteiger partial charge >= 0.3 is 6.03 Å². The normalized spacial score (nSPS) is 10.5. The first kappa shape index (κ1) is 17.8. The summed E-state index contributed by atoms with van der Waals surface area (Å²) in [4.78, 5) is 22.5. The first-order valence-corrected chi connectivity index (χ1v) is 8.12. The van der Waals surface area contributed by atoms with Gasteiger partial charge in [0.25, 0.3) is 5.91 Å². The van der Waals surface area contributed by atoms with Crippen LogP contribution in [0, 0.1) is 0 Å². The van der Waals surface area contributed by atoms with Gasteiger partial charge in [0, 0.05) is 21.8 Å². The topological polar surface area (TPSA) is 116 Å². The molecule has 0 aliphatic heterocycles. The molecule has 0 spiro atoms. The second-order valence-corrected chi connectivity index (χ2v) is 6.20. The maximum atomic E-state index is 11.5. The van der Waals surface area contributed by atoms with Gasteiger partial charge in [0.1, 0.15) is 5.56 Å². The molecule has 9 heteroatoms. The van der Waals surface area contributed by atoms with Gasteiger partial charge in [-0.15, -0.1) is 5.10 Å². The van der Waals surface area contributed by atoms with E-state index < -0.39 is 11.9 Å². The van der Waals surface area contributed by atoms with Crippen molar-refractivity contribution in [3.05, 3.63) is 64.3 Å². The number of rotatable bonds is 4. The van der Waals surface area contributed by atoms with Crippen LogP contribution in [0.25, 0.3) is 16.8 Å². The molecule has 0 atom stereocenters. The predicted octanol–water partition coefficient (Wildman–Crippen LogP) is 3.44. The molecule has 132 valence electrons. The number of nitrogens with zero attached hydrogens (tertiary/aromatic N) is 2. The summed E-state index contributed by atoms with van der Waals surface area (Å²) in [6.07, 6.45) is 1.41. The Labute approximate surface area is 158 Å². The van der Waals surface area contributed by atoms with E-state index in [0.29, 0.717) is 15.7 Å². The number of hydrogen-bond acceptors (Lipinski definition) is 3. The highest BCUT2D eigenvalue weighted by molar-refractivity contribution is 6.36. The second kappa shape index (κ2) is 7.07. The third-order valence-corrected chi connectivity index (χ3v) is 4.14. The summed E-state index contributed by atoms with van der Waals surface area (Å²) in [5, 5.41) is 7.50. The highest BCUT2D eigenvalue weighted by Crippen LogP contribution is 2.31. The zero-order valence-electron chi connectivity index (χ0n) is 13.2. The number of urea groups is 1. The maximum Gasteiger partial charge on any atom is 0.317 e. The highest BCUT2D eigenvalue weighted by Gasteiger charge is 2.16. The Morgan fingerprint density at radius 3 is 2.31 bits per heavy atom. The van der Waals surface area contributed by atoms with E-state index in [9.17, 15) is 9.59 Å². The number of aromatic nitrogens is 2. The number of primary amides is 2. The Bertz CT molecular complexity index is 999. The number of nitrogens with one attached hydrogen (secondary N) is 1. The summed E-state index contributed by atoms with van der Waals surface area (Å²) in [6, 6.07) is 11.7. The molecule has 0 radical (unpaired) electrons. The summed E-state index contributed by atoms with van der Waals surface area (Å²) in [6.45, 7) is 0. The van der Waals surface area contributed by atoms with Crippen LogP contribution >= 0.6 is 23.2 Å². The number of nitrogens with two attached hydrogens (primary N) is 2.